The molecule has 1 aromatic rings. The lowest BCUT2D eigenvalue weighted by molar-refractivity contribution is 0.0279. The van der Waals surface area contributed by atoms with Crippen LogP contribution in [0, 0.1) is 5.92 Å². The van der Waals surface area contributed by atoms with E-state index in [0.717, 1.165) is 45.3 Å². The molecule has 0 saturated carbocycles. The first-order valence-corrected chi connectivity index (χ1v) is 8.31. The average Bonchev–Trinajstić information content (AvgIpc) is 2.79. The smallest absolute Gasteiger partial charge is 0.0693 e. The molecule has 3 nitrogen and oxygen atoms in total. The van der Waals surface area contributed by atoms with Crippen LogP contribution in [0.5, 0.6) is 0 Å². The monoisotopic (exact) mass is 289 g/mol. The van der Waals surface area contributed by atoms with Crippen LogP contribution in [-0.4, -0.2) is 47.0 Å². The van der Waals surface area contributed by atoms with E-state index < -0.39 is 0 Å². The second-order valence-electron chi connectivity index (χ2n) is 6.85. The zero-order valence-corrected chi connectivity index (χ0v) is 12.9. The van der Waals surface area contributed by atoms with Crippen LogP contribution in [0.4, 0.5) is 0 Å². The molecule has 0 spiro atoms. The second-order valence-corrected chi connectivity index (χ2v) is 6.85. The topological polar surface area (TPSA) is 43.7 Å². The number of aliphatic hydroxyl groups is 2. The van der Waals surface area contributed by atoms with Crippen molar-refractivity contribution >= 4 is 0 Å². The molecule has 1 aliphatic heterocycles. The summed E-state index contributed by atoms with van der Waals surface area (Å²) in [7, 11) is 0. The normalized spacial score (nSPS) is 33.1. The van der Waals surface area contributed by atoms with Crippen molar-refractivity contribution in [3.63, 3.8) is 0 Å². The van der Waals surface area contributed by atoms with Gasteiger partial charge in [-0.3, -0.25) is 0 Å². The van der Waals surface area contributed by atoms with Crippen molar-refractivity contribution in [2.45, 2.75) is 50.7 Å². The first-order valence-electron chi connectivity index (χ1n) is 8.31. The molecule has 1 saturated heterocycles. The highest BCUT2D eigenvalue weighted by Gasteiger charge is 2.30. The third kappa shape index (κ3) is 3.31. The fourth-order valence-electron chi connectivity index (χ4n) is 3.86. The minimum absolute atomic E-state index is 0.170. The van der Waals surface area contributed by atoms with Gasteiger partial charge < -0.3 is 15.1 Å². The Bertz CT molecular complexity index is 476. The summed E-state index contributed by atoms with van der Waals surface area (Å²) in [5.41, 5.74) is 2.66. The zero-order chi connectivity index (χ0) is 14.8. The van der Waals surface area contributed by atoms with Gasteiger partial charge in [0.05, 0.1) is 12.2 Å². The van der Waals surface area contributed by atoms with Crippen LogP contribution < -0.4 is 0 Å². The highest BCUT2D eigenvalue weighted by molar-refractivity contribution is 5.36. The van der Waals surface area contributed by atoms with Crippen LogP contribution in [0.3, 0.4) is 0 Å². The van der Waals surface area contributed by atoms with Gasteiger partial charge in [0.1, 0.15) is 0 Å². The highest BCUT2D eigenvalue weighted by Crippen LogP contribution is 2.36. The second kappa shape index (κ2) is 6.47. The van der Waals surface area contributed by atoms with E-state index in [2.05, 4.69) is 36.1 Å². The summed E-state index contributed by atoms with van der Waals surface area (Å²) in [6.07, 6.45) is 3.65. The van der Waals surface area contributed by atoms with Crippen molar-refractivity contribution in [3.8, 4) is 0 Å². The number of benzene rings is 1. The van der Waals surface area contributed by atoms with Gasteiger partial charge >= 0.3 is 0 Å². The molecule has 0 radical (unpaired) electrons. The average molecular weight is 289 g/mol. The molecule has 3 heteroatoms. The Balaban J connectivity index is 1.50. The number of nitrogens with zero attached hydrogens (tertiary/aromatic N) is 1. The number of hydrogen-bond donors (Lipinski definition) is 2. The predicted octanol–water partition coefficient (Wildman–Crippen LogP) is 2.17. The number of likely N-dealkylation sites (tertiary alicyclic amines) is 1. The molecule has 2 N–H and O–H groups in total. The highest BCUT2D eigenvalue weighted by atomic mass is 16.3. The number of piperidine rings is 1. The summed E-state index contributed by atoms with van der Waals surface area (Å²) < 4.78 is 0. The molecule has 1 aromatic carbocycles. The van der Waals surface area contributed by atoms with E-state index in [1.165, 1.54) is 11.1 Å². The molecule has 116 valence electrons. The molecule has 0 amide bonds. The summed E-state index contributed by atoms with van der Waals surface area (Å²) in [5, 5.41) is 20.2. The van der Waals surface area contributed by atoms with Gasteiger partial charge in [-0.15, -0.1) is 0 Å². The van der Waals surface area contributed by atoms with Crippen LogP contribution in [-0.2, 0) is 6.42 Å². The lowest BCUT2D eigenvalue weighted by Gasteiger charge is -2.34. The van der Waals surface area contributed by atoms with E-state index in [-0.39, 0.29) is 12.2 Å². The number of hydrogen-bond acceptors (Lipinski definition) is 3. The Kier molecular flexibility index (Phi) is 4.63. The number of rotatable bonds is 4. The van der Waals surface area contributed by atoms with E-state index in [1.54, 1.807) is 0 Å². The van der Waals surface area contributed by atoms with Gasteiger partial charge in [-0.25, -0.2) is 0 Å². The molecular weight excluding hydrogens is 262 g/mol. The van der Waals surface area contributed by atoms with Crippen molar-refractivity contribution in [2.24, 2.45) is 5.92 Å². The Morgan fingerprint density at radius 2 is 2.00 bits per heavy atom. The Morgan fingerprint density at radius 1 is 1.19 bits per heavy atom. The van der Waals surface area contributed by atoms with E-state index in [9.17, 15) is 10.2 Å². The summed E-state index contributed by atoms with van der Waals surface area (Å²) in [6.45, 7) is 5.08. The first kappa shape index (κ1) is 15.0. The van der Waals surface area contributed by atoms with Crippen molar-refractivity contribution in [2.75, 3.05) is 19.6 Å². The maximum Gasteiger partial charge on any atom is 0.0693 e. The van der Waals surface area contributed by atoms with Gasteiger partial charge in [0.15, 0.2) is 0 Å². The third-order valence-corrected chi connectivity index (χ3v) is 5.34. The molecule has 1 fully saturated rings. The van der Waals surface area contributed by atoms with Gasteiger partial charge in [0.2, 0.25) is 0 Å². The quantitative estimate of drug-likeness (QED) is 0.893. The molecular formula is C18H27NO2. The molecule has 1 aliphatic carbocycles. The number of aliphatic hydroxyl groups excluding tert-OH is 2. The van der Waals surface area contributed by atoms with Gasteiger partial charge in [0, 0.05) is 12.5 Å². The summed E-state index contributed by atoms with van der Waals surface area (Å²) in [5.74, 6) is 0.736. The fourth-order valence-corrected chi connectivity index (χ4v) is 3.86. The van der Waals surface area contributed by atoms with Crippen molar-refractivity contribution in [3.05, 3.63) is 35.4 Å². The van der Waals surface area contributed by atoms with Crippen LogP contribution >= 0.6 is 0 Å². The van der Waals surface area contributed by atoms with Crippen molar-refractivity contribution in [1.82, 2.24) is 4.90 Å². The fraction of sp³-hybridized carbons (Fsp3) is 0.667. The lowest BCUT2D eigenvalue weighted by atomic mass is 9.93. The van der Waals surface area contributed by atoms with E-state index in [1.807, 2.05) is 0 Å². The number of β-amino-alcohol motifs (C(OH)–C–C–N with tert-alkyl or cyclic N) is 1. The summed E-state index contributed by atoms with van der Waals surface area (Å²) in [4.78, 5) is 2.37. The SMILES string of the molecule is C[C@@H]1CCN(CCC[C@@H]2c3ccccc3C[C@H]2O)C[C@H]1O. The maximum atomic E-state index is 10.3. The zero-order valence-electron chi connectivity index (χ0n) is 12.9. The predicted molar refractivity (Wildman–Crippen MR) is 84.4 cm³/mol. The minimum Gasteiger partial charge on any atom is -0.392 e. The van der Waals surface area contributed by atoms with Crippen molar-refractivity contribution < 1.29 is 10.2 Å². The molecule has 2 aliphatic rings. The van der Waals surface area contributed by atoms with E-state index in [4.69, 9.17) is 0 Å². The summed E-state index contributed by atoms with van der Waals surface area (Å²) >= 11 is 0. The Morgan fingerprint density at radius 3 is 2.81 bits per heavy atom. The maximum absolute atomic E-state index is 10.3. The first-order chi connectivity index (χ1) is 10.1. The van der Waals surface area contributed by atoms with Crippen LogP contribution in [0.25, 0.3) is 0 Å². The van der Waals surface area contributed by atoms with Crippen LogP contribution in [0.2, 0.25) is 0 Å². The molecule has 3 rings (SSSR count). The largest absolute Gasteiger partial charge is 0.392 e. The Hall–Kier alpha value is -0.900. The standard InChI is InChI=1S/C18H27NO2/c1-13-8-10-19(12-18(13)21)9-4-7-16-15-6-3-2-5-14(15)11-17(16)20/h2-3,5-6,13,16-18,20-21H,4,7-12H2,1H3/t13-,16-,17-,18-/m1/s1. The van der Waals surface area contributed by atoms with Gasteiger partial charge in [-0.05, 0) is 55.8 Å². The van der Waals surface area contributed by atoms with Gasteiger partial charge in [-0.1, -0.05) is 31.2 Å². The molecule has 0 bridgehead atoms. The minimum atomic E-state index is -0.214. The molecule has 0 unspecified atom stereocenters. The lowest BCUT2D eigenvalue weighted by Crippen LogP contribution is -2.43. The molecule has 0 aromatic heterocycles. The van der Waals surface area contributed by atoms with E-state index >= 15 is 0 Å². The van der Waals surface area contributed by atoms with E-state index in [0.29, 0.717) is 11.8 Å². The van der Waals surface area contributed by atoms with Gasteiger partial charge in [0.25, 0.3) is 0 Å². The summed E-state index contributed by atoms with van der Waals surface area (Å²) in [6, 6.07) is 8.44. The molecule has 1 heterocycles. The van der Waals surface area contributed by atoms with Crippen LogP contribution in [0.1, 0.15) is 43.2 Å². The van der Waals surface area contributed by atoms with Gasteiger partial charge in [-0.2, -0.15) is 0 Å². The van der Waals surface area contributed by atoms with Crippen molar-refractivity contribution in [1.29, 1.82) is 0 Å². The van der Waals surface area contributed by atoms with Crippen LogP contribution in [0.15, 0.2) is 24.3 Å². The molecule has 4 atom stereocenters. The molecule has 21 heavy (non-hydrogen) atoms. The third-order valence-electron chi connectivity index (χ3n) is 5.34. The Labute approximate surface area is 127 Å². The number of fused-ring (bicyclic) bond motifs is 1.